The van der Waals surface area contributed by atoms with Crippen LogP contribution in [0.25, 0.3) is 0 Å². The standard InChI is InChI=1S/C8F16/c9-1(7(19,20)21)3(11,12)2(10,8(22,23)24)5(15,16)6(17,18)4(1,13)14/t1-,2-/m0/s1. The maximum Gasteiger partial charge on any atom is 0.435 e. The number of rotatable bonds is 0. The van der Waals surface area contributed by atoms with Gasteiger partial charge in [-0.25, -0.2) is 8.78 Å². The van der Waals surface area contributed by atoms with Gasteiger partial charge in [0, 0.05) is 0 Å². The molecule has 0 radical (unpaired) electrons. The average molecular weight is 400 g/mol. The maximum absolute atomic E-state index is 13.3. The molecule has 0 aromatic heterocycles. The van der Waals surface area contributed by atoms with E-state index in [2.05, 4.69) is 0 Å². The molecular formula is C8F16. The first kappa shape index (κ1) is 20.9. The van der Waals surface area contributed by atoms with E-state index >= 15 is 0 Å². The van der Waals surface area contributed by atoms with Crippen LogP contribution >= 0.6 is 0 Å². The third-order valence-electron chi connectivity index (χ3n) is 3.30. The number of alkyl halides is 16. The van der Waals surface area contributed by atoms with Crippen LogP contribution in [0.2, 0.25) is 0 Å². The van der Waals surface area contributed by atoms with E-state index in [1.807, 2.05) is 0 Å². The second-order valence-electron chi connectivity index (χ2n) is 4.61. The summed E-state index contributed by atoms with van der Waals surface area (Å²) in [5, 5.41) is 0. The van der Waals surface area contributed by atoms with Gasteiger partial charge in [0.15, 0.2) is 0 Å². The van der Waals surface area contributed by atoms with Gasteiger partial charge in [0.05, 0.1) is 0 Å². The molecule has 0 nitrogen and oxygen atoms in total. The van der Waals surface area contributed by atoms with Gasteiger partial charge in [0.25, 0.3) is 0 Å². The highest BCUT2D eigenvalue weighted by molar-refractivity contribution is 5.33. The molecule has 0 saturated heterocycles. The van der Waals surface area contributed by atoms with E-state index in [-0.39, 0.29) is 0 Å². The molecule has 16 heteroatoms. The van der Waals surface area contributed by atoms with Gasteiger partial charge < -0.3 is 0 Å². The minimum atomic E-state index is -8.38. The monoisotopic (exact) mass is 400 g/mol. The van der Waals surface area contributed by atoms with E-state index < -0.39 is 47.4 Å². The smallest absolute Gasteiger partial charge is 0.220 e. The van der Waals surface area contributed by atoms with Gasteiger partial charge in [-0.3, -0.25) is 0 Å². The van der Waals surface area contributed by atoms with Crippen LogP contribution in [0.5, 0.6) is 0 Å². The molecule has 0 amide bonds. The summed E-state index contributed by atoms with van der Waals surface area (Å²) in [5.74, 6) is -32.8. The molecule has 1 rings (SSSR count). The Bertz CT molecular complexity index is 479. The van der Waals surface area contributed by atoms with E-state index in [1.165, 1.54) is 0 Å². The number of halogens is 16. The Morgan fingerprint density at radius 1 is 0.333 bits per heavy atom. The second-order valence-corrected chi connectivity index (χ2v) is 4.61. The van der Waals surface area contributed by atoms with Crippen molar-refractivity contribution in [2.45, 2.75) is 47.4 Å². The number of hydrogen-bond donors (Lipinski definition) is 0. The quantitative estimate of drug-likeness (QED) is 0.498. The second kappa shape index (κ2) is 4.34. The summed E-state index contributed by atoms with van der Waals surface area (Å²) in [4.78, 5) is 0. The van der Waals surface area contributed by atoms with Crippen LogP contribution in [0.4, 0.5) is 70.2 Å². The Balaban J connectivity index is 4.14. The molecule has 1 aliphatic rings. The lowest BCUT2D eigenvalue weighted by Crippen LogP contribution is -2.90. The summed E-state index contributed by atoms with van der Waals surface area (Å²) >= 11 is 0. The van der Waals surface area contributed by atoms with Crippen LogP contribution in [0.3, 0.4) is 0 Å². The van der Waals surface area contributed by atoms with Gasteiger partial charge in [0.2, 0.25) is 0 Å². The van der Waals surface area contributed by atoms with Gasteiger partial charge >= 0.3 is 47.4 Å². The third kappa shape index (κ3) is 1.64. The van der Waals surface area contributed by atoms with E-state index in [4.69, 9.17) is 0 Å². The topological polar surface area (TPSA) is 0 Å². The molecule has 1 saturated carbocycles. The van der Waals surface area contributed by atoms with E-state index in [9.17, 15) is 70.2 Å². The summed E-state index contributed by atoms with van der Waals surface area (Å²) in [7, 11) is 0. The van der Waals surface area contributed by atoms with Crippen LogP contribution < -0.4 is 0 Å². The molecule has 0 spiro atoms. The summed E-state index contributed by atoms with van der Waals surface area (Å²) in [6.07, 6.45) is -16.0. The highest BCUT2D eigenvalue weighted by Gasteiger charge is 3.08. The van der Waals surface area contributed by atoms with Crippen molar-refractivity contribution in [3.05, 3.63) is 0 Å². The van der Waals surface area contributed by atoms with Crippen molar-refractivity contribution in [3.63, 3.8) is 0 Å². The normalized spacial score (nSPS) is 38.0. The van der Waals surface area contributed by atoms with E-state index in [0.29, 0.717) is 0 Å². The van der Waals surface area contributed by atoms with Crippen molar-refractivity contribution in [1.29, 1.82) is 0 Å². The molecule has 0 aliphatic heterocycles. The Morgan fingerprint density at radius 3 is 0.708 bits per heavy atom. The molecule has 0 aromatic rings. The van der Waals surface area contributed by atoms with Crippen LogP contribution in [-0.4, -0.2) is 47.4 Å². The number of hydrogen-bond acceptors (Lipinski definition) is 0. The lowest BCUT2D eigenvalue weighted by molar-refractivity contribution is -0.523. The molecule has 24 heavy (non-hydrogen) atoms. The zero-order valence-electron chi connectivity index (χ0n) is 10.0. The fourth-order valence-electron chi connectivity index (χ4n) is 1.97. The van der Waals surface area contributed by atoms with E-state index in [1.54, 1.807) is 0 Å². The first-order chi connectivity index (χ1) is 10.0. The van der Waals surface area contributed by atoms with Gasteiger partial charge in [-0.2, -0.15) is 61.5 Å². The zero-order valence-corrected chi connectivity index (χ0v) is 10.0. The fourth-order valence-corrected chi connectivity index (χ4v) is 1.97. The summed E-state index contributed by atoms with van der Waals surface area (Å²) < 4.78 is 203. The van der Waals surface area contributed by atoms with Crippen molar-refractivity contribution in [2.24, 2.45) is 0 Å². The molecule has 1 fully saturated rings. The van der Waals surface area contributed by atoms with Crippen LogP contribution in [-0.2, 0) is 0 Å². The van der Waals surface area contributed by atoms with Crippen molar-refractivity contribution in [2.75, 3.05) is 0 Å². The molecule has 144 valence electrons. The molecular weight excluding hydrogens is 400 g/mol. The van der Waals surface area contributed by atoms with Crippen LogP contribution in [0.1, 0.15) is 0 Å². The van der Waals surface area contributed by atoms with Crippen molar-refractivity contribution < 1.29 is 70.2 Å². The third-order valence-corrected chi connectivity index (χ3v) is 3.30. The minimum Gasteiger partial charge on any atom is -0.220 e. The van der Waals surface area contributed by atoms with Crippen molar-refractivity contribution >= 4 is 0 Å². The summed E-state index contributed by atoms with van der Waals surface area (Å²) in [6, 6.07) is 0. The molecule has 2 atom stereocenters. The lowest BCUT2D eigenvalue weighted by Gasteiger charge is -2.55. The van der Waals surface area contributed by atoms with Gasteiger partial charge in [-0.05, 0) is 0 Å². The predicted octanol–water partition coefficient (Wildman–Crippen LogP) is 5.08. The first-order valence-corrected chi connectivity index (χ1v) is 5.02. The molecule has 0 aromatic carbocycles. The molecule has 0 unspecified atom stereocenters. The summed E-state index contributed by atoms with van der Waals surface area (Å²) in [6.45, 7) is 0. The van der Waals surface area contributed by atoms with Crippen LogP contribution in [0.15, 0.2) is 0 Å². The van der Waals surface area contributed by atoms with Crippen molar-refractivity contribution in [3.8, 4) is 0 Å². The van der Waals surface area contributed by atoms with Gasteiger partial charge in [0.1, 0.15) is 0 Å². The van der Waals surface area contributed by atoms with E-state index in [0.717, 1.165) is 0 Å². The molecule has 0 bridgehead atoms. The Labute approximate surface area is 119 Å². The average Bonchev–Trinajstić information content (AvgIpc) is 2.31. The Hall–Kier alpha value is -1.12. The highest BCUT2D eigenvalue weighted by Crippen LogP contribution is 2.74. The molecule has 0 N–H and O–H groups in total. The van der Waals surface area contributed by atoms with Gasteiger partial charge in [-0.15, -0.1) is 0 Å². The highest BCUT2D eigenvalue weighted by atomic mass is 19.4. The largest absolute Gasteiger partial charge is 0.435 e. The first-order valence-electron chi connectivity index (χ1n) is 5.02. The SMILES string of the molecule is FC1(F)C(F)(F)[C@](F)(C(F)(F)F)C(F)(F)[C@@](F)(C(F)(F)F)C1(F)F. The predicted molar refractivity (Wildman–Crippen MR) is 39.6 cm³/mol. The summed E-state index contributed by atoms with van der Waals surface area (Å²) in [5.41, 5.74) is -16.6. The Kier molecular flexibility index (Phi) is 3.78. The minimum absolute atomic E-state index is 8.00. The zero-order chi connectivity index (χ0) is 20.0. The molecule has 1 aliphatic carbocycles. The van der Waals surface area contributed by atoms with Crippen LogP contribution in [0, 0.1) is 0 Å². The van der Waals surface area contributed by atoms with Crippen molar-refractivity contribution in [1.82, 2.24) is 0 Å². The maximum atomic E-state index is 13.3. The lowest BCUT2D eigenvalue weighted by atomic mass is 9.66. The van der Waals surface area contributed by atoms with Gasteiger partial charge in [-0.1, -0.05) is 0 Å². The molecule has 0 heterocycles. The fraction of sp³-hybridized carbons (Fsp3) is 1.00. The Morgan fingerprint density at radius 2 is 0.542 bits per heavy atom.